The number of aromatic nitrogens is 1. The lowest BCUT2D eigenvalue weighted by atomic mass is 10.1. The third kappa shape index (κ3) is 7.02. The number of halogens is 2. The molecule has 1 saturated heterocycles. The summed E-state index contributed by atoms with van der Waals surface area (Å²) < 4.78 is 23.9. The summed E-state index contributed by atoms with van der Waals surface area (Å²) in [5.41, 5.74) is 6.33. The van der Waals surface area contributed by atoms with Crippen molar-refractivity contribution in [3.63, 3.8) is 0 Å². The van der Waals surface area contributed by atoms with Crippen molar-refractivity contribution in [2.75, 3.05) is 31.5 Å². The number of unbranched alkanes of at least 4 members (excludes halogenated alkanes) is 1. The summed E-state index contributed by atoms with van der Waals surface area (Å²) in [4.78, 5) is 26.6. The second-order valence-corrected chi connectivity index (χ2v) is 9.05. The van der Waals surface area contributed by atoms with Crippen LogP contribution in [0.1, 0.15) is 54.1 Å². The van der Waals surface area contributed by atoms with Gasteiger partial charge in [0, 0.05) is 17.1 Å². The molecule has 0 radical (unpaired) electrons. The van der Waals surface area contributed by atoms with E-state index in [1.165, 1.54) is 25.0 Å². The highest BCUT2D eigenvalue weighted by Gasteiger charge is 2.22. The van der Waals surface area contributed by atoms with Gasteiger partial charge in [-0.15, -0.1) is 0 Å². The minimum absolute atomic E-state index is 0.0548. The number of ether oxygens (including phenoxy) is 1. The fourth-order valence-corrected chi connectivity index (χ4v) is 4.71. The van der Waals surface area contributed by atoms with Gasteiger partial charge in [0.1, 0.15) is 23.0 Å². The largest absolute Gasteiger partial charge is 0.471 e. The summed E-state index contributed by atoms with van der Waals surface area (Å²) >= 11 is 7.02. The zero-order chi connectivity index (χ0) is 23.8. The monoisotopic (exact) mass is 497 g/mol. The minimum atomic E-state index is -0.806. The van der Waals surface area contributed by atoms with Crippen LogP contribution < -0.4 is 21.1 Å². The topological polar surface area (TPSA) is 110 Å². The Morgan fingerprint density at radius 3 is 2.73 bits per heavy atom. The van der Waals surface area contributed by atoms with Gasteiger partial charge in [-0.1, -0.05) is 18.5 Å². The van der Waals surface area contributed by atoms with Gasteiger partial charge in [-0.3, -0.25) is 10.1 Å². The van der Waals surface area contributed by atoms with E-state index in [9.17, 15) is 14.0 Å². The van der Waals surface area contributed by atoms with Crippen molar-refractivity contribution in [2.24, 2.45) is 5.73 Å². The molecule has 33 heavy (non-hydrogen) atoms. The third-order valence-corrected chi connectivity index (χ3v) is 6.58. The fraction of sp³-hybridized carbons (Fsp3) is 0.500. The smallest absolute Gasteiger partial charge is 0.319 e. The number of rotatable bonds is 11. The van der Waals surface area contributed by atoms with Crippen LogP contribution in [0.5, 0.6) is 5.88 Å². The Labute approximate surface area is 201 Å². The summed E-state index contributed by atoms with van der Waals surface area (Å²) in [6, 6.07) is 2.39. The summed E-state index contributed by atoms with van der Waals surface area (Å²) in [5, 5.41) is 5.97. The number of aryl methyl sites for hydroxylation is 1. The molecule has 1 aromatic heterocycles. The molecule has 2 aromatic rings. The molecule has 1 aromatic carbocycles. The quantitative estimate of drug-likeness (QED) is 0.403. The molecule has 8 nitrogen and oxygen atoms in total. The molecule has 4 N–H and O–H groups in total. The number of likely N-dealkylation sites (tertiary alicyclic amines) is 1. The summed E-state index contributed by atoms with van der Waals surface area (Å²) in [6.07, 6.45) is 4.98. The fourth-order valence-electron chi connectivity index (χ4n) is 3.65. The number of carbonyl (C=O) groups is 2. The van der Waals surface area contributed by atoms with Gasteiger partial charge in [-0.05, 0) is 81.0 Å². The van der Waals surface area contributed by atoms with E-state index < -0.39 is 17.8 Å². The molecule has 180 valence electrons. The zero-order valence-corrected chi connectivity index (χ0v) is 20.2. The van der Waals surface area contributed by atoms with Crippen LogP contribution in [0.25, 0.3) is 0 Å². The van der Waals surface area contributed by atoms with Gasteiger partial charge in [0.25, 0.3) is 5.91 Å². The molecular formula is C22H29ClFN5O3S. The first-order valence-electron chi connectivity index (χ1n) is 11.0. The number of amides is 3. The molecule has 0 bridgehead atoms. The van der Waals surface area contributed by atoms with Crippen LogP contribution in [0.15, 0.2) is 12.1 Å². The second kappa shape index (κ2) is 12.2. The second-order valence-electron chi connectivity index (χ2n) is 7.87. The Bertz CT molecular complexity index is 981. The number of nitrogens with two attached hydrogens (primary N) is 1. The van der Waals surface area contributed by atoms with Crippen LogP contribution >= 0.6 is 23.1 Å². The number of hydrogen-bond acceptors (Lipinski definition) is 6. The Kier molecular flexibility index (Phi) is 9.28. The Morgan fingerprint density at radius 2 is 2.03 bits per heavy atom. The number of nitrogens with zero attached hydrogens (tertiary/aromatic N) is 2. The summed E-state index contributed by atoms with van der Waals surface area (Å²) in [5.74, 6) is -1.34. The number of primary amides is 1. The molecule has 0 spiro atoms. The molecule has 0 unspecified atom stereocenters. The van der Waals surface area contributed by atoms with E-state index in [1.807, 2.05) is 6.92 Å². The molecule has 0 saturated carbocycles. The molecule has 0 atom stereocenters. The van der Waals surface area contributed by atoms with Gasteiger partial charge >= 0.3 is 6.03 Å². The molecule has 11 heteroatoms. The third-order valence-electron chi connectivity index (χ3n) is 5.48. The molecule has 3 rings (SSSR count). The SMILES string of the molecule is CCc1cc(F)c(COc2nsc(NC(=O)NCCCCN3CCCC3)c2C(N)=O)cc1Cl. The lowest BCUT2D eigenvalue weighted by Gasteiger charge is -2.14. The molecule has 1 aliphatic rings. The van der Waals surface area contributed by atoms with E-state index >= 15 is 0 Å². The first kappa shape index (κ1) is 25.2. The van der Waals surface area contributed by atoms with Crippen LogP contribution in [0, 0.1) is 5.82 Å². The number of hydrogen-bond donors (Lipinski definition) is 3. The average molecular weight is 498 g/mol. The van der Waals surface area contributed by atoms with E-state index in [0.717, 1.165) is 44.0 Å². The zero-order valence-electron chi connectivity index (χ0n) is 18.6. The standard InChI is InChI=1S/C22H29ClFN5O3S/c1-2-14-12-17(24)15(11-16(14)23)13-32-20-18(19(25)30)21(33-28-20)27-22(31)26-7-3-4-8-29-9-5-6-10-29/h11-12H,2-10,13H2,1H3,(H2,25,30)(H2,26,27,31). The number of carbonyl (C=O) groups excluding carboxylic acids is 2. The van der Waals surface area contributed by atoms with Gasteiger partial charge in [0.15, 0.2) is 0 Å². The molecule has 1 fully saturated rings. The van der Waals surface area contributed by atoms with Crippen molar-refractivity contribution in [1.82, 2.24) is 14.6 Å². The van der Waals surface area contributed by atoms with Crippen LogP contribution in [-0.2, 0) is 13.0 Å². The van der Waals surface area contributed by atoms with Crippen molar-refractivity contribution in [3.05, 3.63) is 39.7 Å². The number of anilines is 1. The highest BCUT2D eigenvalue weighted by atomic mass is 35.5. The average Bonchev–Trinajstić information content (AvgIpc) is 3.43. The maximum absolute atomic E-state index is 14.3. The maximum atomic E-state index is 14.3. The Hall–Kier alpha value is -2.43. The summed E-state index contributed by atoms with van der Waals surface area (Å²) in [6.45, 7) is 5.55. The van der Waals surface area contributed by atoms with Gasteiger partial charge < -0.3 is 20.7 Å². The molecular weight excluding hydrogens is 469 g/mol. The first-order valence-corrected chi connectivity index (χ1v) is 12.2. The van der Waals surface area contributed by atoms with Crippen LogP contribution in [0.2, 0.25) is 5.02 Å². The normalized spacial score (nSPS) is 13.8. The van der Waals surface area contributed by atoms with Gasteiger partial charge in [0.05, 0.1) is 0 Å². The van der Waals surface area contributed by atoms with E-state index in [-0.39, 0.29) is 28.6 Å². The van der Waals surface area contributed by atoms with Crippen molar-refractivity contribution in [1.29, 1.82) is 0 Å². The van der Waals surface area contributed by atoms with E-state index in [2.05, 4.69) is 19.9 Å². The minimum Gasteiger partial charge on any atom is -0.471 e. The van der Waals surface area contributed by atoms with Crippen molar-refractivity contribution in [2.45, 2.75) is 45.6 Å². The van der Waals surface area contributed by atoms with Crippen molar-refractivity contribution < 1.29 is 18.7 Å². The molecule has 1 aliphatic heterocycles. The van der Waals surface area contributed by atoms with E-state index in [0.29, 0.717) is 23.6 Å². The van der Waals surface area contributed by atoms with Gasteiger partial charge in [0.2, 0.25) is 5.88 Å². The van der Waals surface area contributed by atoms with Crippen molar-refractivity contribution >= 4 is 40.1 Å². The van der Waals surface area contributed by atoms with Crippen LogP contribution in [-0.4, -0.2) is 47.4 Å². The number of benzene rings is 1. The lowest BCUT2D eigenvalue weighted by Crippen LogP contribution is -2.30. The number of nitrogens with one attached hydrogen (secondary N) is 2. The predicted molar refractivity (Wildman–Crippen MR) is 128 cm³/mol. The highest BCUT2D eigenvalue weighted by molar-refractivity contribution is 7.11. The molecule has 2 heterocycles. The van der Waals surface area contributed by atoms with E-state index in [1.54, 1.807) is 0 Å². The highest BCUT2D eigenvalue weighted by Crippen LogP contribution is 2.31. The predicted octanol–water partition coefficient (Wildman–Crippen LogP) is 4.17. The van der Waals surface area contributed by atoms with Gasteiger partial charge in [-0.25, -0.2) is 9.18 Å². The van der Waals surface area contributed by atoms with Crippen LogP contribution in [0.3, 0.4) is 0 Å². The lowest BCUT2D eigenvalue weighted by molar-refractivity contribution is 0.0996. The summed E-state index contributed by atoms with van der Waals surface area (Å²) in [7, 11) is 0. The first-order chi connectivity index (χ1) is 15.9. The maximum Gasteiger partial charge on any atom is 0.319 e. The van der Waals surface area contributed by atoms with Gasteiger partial charge in [-0.2, -0.15) is 4.37 Å². The van der Waals surface area contributed by atoms with Crippen LogP contribution in [0.4, 0.5) is 14.2 Å². The Morgan fingerprint density at radius 1 is 1.27 bits per heavy atom. The molecule has 3 amide bonds. The van der Waals surface area contributed by atoms with Crippen molar-refractivity contribution in [3.8, 4) is 5.88 Å². The Balaban J connectivity index is 1.53. The van der Waals surface area contributed by atoms with E-state index in [4.69, 9.17) is 22.1 Å². The molecule has 0 aliphatic carbocycles. The number of urea groups is 1.